The zero-order chi connectivity index (χ0) is 18.9. The molecule has 1 N–H and O–H groups in total. The summed E-state index contributed by atoms with van der Waals surface area (Å²) in [6, 6.07) is 16.1. The van der Waals surface area contributed by atoms with Crippen molar-refractivity contribution in [2.24, 2.45) is 0 Å². The molecule has 0 radical (unpaired) electrons. The van der Waals surface area contributed by atoms with Crippen molar-refractivity contribution in [3.05, 3.63) is 60.2 Å². The lowest BCUT2D eigenvalue weighted by molar-refractivity contribution is -0.118. The van der Waals surface area contributed by atoms with Crippen LogP contribution in [0, 0.1) is 0 Å². The SMILES string of the molecule is O=C(Nc1ccc(S(=O)(=O)N2CCOCC2)cc1)C1(c2ccccc2)CC1. The van der Waals surface area contributed by atoms with Crippen LogP contribution in [-0.4, -0.2) is 44.9 Å². The van der Waals surface area contributed by atoms with Gasteiger partial charge >= 0.3 is 0 Å². The van der Waals surface area contributed by atoms with Crippen molar-refractivity contribution in [3.63, 3.8) is 0 Å². The Morgan fingerprint density at radius 2 is 1.59 bits per heavy atom. The molecule has 142 valence electrons. The Morgan fingerprint density at radius 3 is 2.19 bits per heavy atom. The summed E-state index contributed by atoms with van der Waals surface area (Å²) in [7, 11) is -3.53. The van der Waals surface area contributed by atoms with Crippen molar-refractivity contribution in [2.45, 2.75) is 23.2 Å². The van der Waals surface area contributed by atoms with Crippen LogP contribution in [0.4, 0.5) is 5.69 Å². The van der Waals surface area contributed by atoms with Crippen molar-refractivity contribution in [3.8, 4) is 0 Å². The quantitative estimate of drug-likeness (QED) is 0.856. The highest BCUT2D eigenvalue weighted by Gasteiger charge is 2.51. The number of nitrogens with one attached hydrogen (secondary N) is 1. The number of ether oxygens (including phenoxy) is 1. The maximum absolute atomic E-state index is 12.8. The number of amides is 1. The number of carbonyl (C=O) groups excluding carboxylic acids is 1. The molecule has 0 bridgehead atoms. The molecule has 6 nitrogen and oxygen atoms in total. The van der Waals surface area contributed by atoms with E-state index in [1.807, 2.05) is 30.3 Å². The maximum Gasteiger partial charge on any atom is 0.243 e. The highest BCUT2D eigenvalue weighted by atomic mass is 32.2. The third-order valence-corrected chi connectivity index (χ3v) is 7.14. The average Bonchev–Trinajstić information content (AvgIpc) is 3.52. The van der Waals surface area contributed by atoms with Gasteiger partial charge in [0.15, 0.2) is 0 Å². The Labute approximate surface area is 159 Å². The van der Waals surface area contributed by atoms with Gasteiger partial charge in [-0.25, -0.2) is 8.42 Å². The molecule has 1 aliphatic heterocycles. The second-order valence-electron chi connectivity index (χ2n) is 6.94. The lowest BCUT2D eigenvalue weighted by atomic mass is 9.95. The minimum absolute atomic E-state index is 0.0440. The normalized spacial score (nSPS) is 19.4. The summed E-state index contributed by atoms with van der Waals surface area (Å²) in [4.78, 5) is 13.0. The third kappa shape index (κ3) is 3.50. The predicted molar refractivity (Wildman–Crippen MR) is 102 cm³/mol. The second-order valence-corrected chi connectivity index (χ2v) is 8.88. The first-order valence-corrected chi connectivity index (χ1v) is 10.5. The lowest BCUT2D eigenvalue weighted by Gasteiger charge is -2.26. The molecule has 1 aliphatic carbocycles. The standard InChI is InChI=1S/C20H22N2O4S/c23-19(20(10-11-20)16-4-2-1-3-5-16)21-17-6-8-18(9-7-17)27(24,25)22-12-14-26-15-13-22/h1-9H,10-15H2,(H,21,23). The van der Waals surface area contributed by atoms with Crippen LogP contribution in [0.5, 0.6) is 0 Å². The van der Waals surface area contributed by atoms with Gasteiger partial charge in [0.1, 0.15) is 0 Å². The summed E-state index contributed by atoms with van der Waals surface area (Å²) in [5, 5.41) is 2.93. The molecule has 1 saturated carbocycles. The number of hydrogen-bond acceptors (Lipinski definition) is 4. The van der Waals surface area contributed by atoms with Crippen LogP contribution >= 0.6 is 0 Å². The summed E-state index contributed by atoms with van der Waals surface area (Å²) in [6.45, 7) is 1.55. The van der Waals surface area contributed by atoms with Crippen molar-refractivity contribution in [1.82, 2.24) is 4.31 Å². The first-order chi connectivity index (χ1) is 13.0. The van der Waals surface area contributed by atoms with E-state index in [-0.39, 0.29) is 10.8 Å². The van der Waals surface area contributed by atoms with E-state index in [9.17, 15) is 13.2 Å². The fourth-order valence-electron chi connectivity index (χ4n) is 3.43. The molecule has 2 fully saturated rings. The minimum atomic E-state index is -3.53. The summed E-state index contributed by atoms with van der Waals surface area (Å²) < 4.78 is 32.0. The molecule has 7 heteroatoms. The number of nitrogens with zero attached hydrogens (tertiary/aromatic N) is 1. The number of benzene rings is 2. The number of carbonyl (C=O) groups is 1. The number of morpholine rings is 1. The largest absolute Gasteiger partial charge is 0.379 e. The van der Waals surface area contributed by atoms with Gasteiger partial charge < -0.3 is 10.1 Å². The van der Waals surface area contributed by atoms with Crippen LogP contribution in [0.25, 0.3) is 0 Å². The highest BCUT2D eigenvalue weighted by Crippen LogP contribution is 2.48. The van der Waals surface area contributed by atoms with Gasteiger partial charge in [-0.1, -0.05) is 30.3 Å². The van der Waals surface area contributed by atoms with Crippen molar-refractivity contribution in [1.29, 1.82) is 0 Å². The average molecular weight is 386 g/mol. The molecule has 2 aliphatic rings. The summed E-state index contributed by atoms with van der Waals surface area (Å²) in [5.74, 6) is -0.0440. The van der Waals surface area contributed by atoms with Crippen LogP contribution in [0.1, 0.15) is 18.4 Å². The zero-order valence-electron chi connectivity index (χ0n) is 14.9. The molecule has 2 aromatic rings. The van der Waals surface area contributed by atoms with Gasteiger partial charge in [-0.3, -0.25) is 4.79 Å². The molecule has 1 amide bonds. The molecule has 4 rings (SSSR count). The van der Waals surface area contributed by atoms with Crippen molar-refractivity contribution in [2.75, 3.05) is 31.6 Å². The van der Waals surface area contributed by atoms with Gasteiger partial charge in [-0.15, -0.1) is 0 Å². The molecule has 1 saturated heterocycles. The second kappa shape index (κ2) is 7.07. The Bertz CT molecular complexity index is 916. The topological polar surface area (TPSA) is 75.7 Å². The van der Waals surface area contributed by atoms with Gasteiger partial charge in [0.2, 0.25) is 15.9 Å². The molecule has 0 atom stereocenters. The molecule has 27 heavy (non-hydrogen) atoms. The van der Waals surface area contributed by atoms with E-state index in [1.54, 1.807) is 24.3 Å². The summed E-state index contributed by atoms with van der Waals surface area (Å²) in [5.41, 5.74) is 1.16. The Hall–Kier alpha value is -2.22. The van der Waals surface area contributed by atoms with Crippen LogP contribution in [0.15, 0.2) is 59.5 Å². The lowest BCUT2D eigenvalue weighted by Crippen LogP contribution is -2.40. The van der Waals surface area contributed by atoms with Crippen molar-refractivity contribution >= 4 is 21.6 Å². The molecule has 0 aromatic heterocycles. The fraction of sp³-hybridized carbons (Fsp3) is 0.350. The van der Waals surface area contributed by atoms with E-state index in [0.717, 1.165) is 18.4 Å². The molecular formula is C20H22N2O4S. The molecule has 1 heterocycles. The minimum Gasteiger partial charge on any atom is -0.379 e. The Kier molecular flexibility index (Phi) is 4.75. The Balaban J connectivity index is 1.48. The van der Waals surface area contributed by atoms with E-state index >= 15 is 0 Å². The van der Waals surface area contributed by atoms with Crippen LogP contribution in [0.2, 0.25) is 0 Å². The Morgan fingerprint density at radius 1 is 0.963 bits per heavy atom. The van der Waals surface area contributed by atoms with E-state index in [2.05, 4.69) is 5.32 Å². The maximum atomic E-state index is 12.8. The monoisotopic (exact) mass is 386 g/mol. The summed E-state index contributed by atoms with van der Waals surface area (Å²) in [6.07, 6.45) is 1.65. The third-order valence-electron chi connectivity index (χ3n) is 5.23. The number of anilines is 1. The smallest absolute Gasteiger partial charge is 0.243 e. The van der Waals surface area contributed by atoms with E-state index < -0.39 is 15.4 Å². The van der Waals surface area contributed by atoms with E-state index in [0.29, 0.717) is 32.0 Å². The zero-order valence-corrected chi connectivity index (χ0v) is 15.7. The molecular weight excluding hydrogens is 364 g/mol. The predicted octanol–water partition coefficient (Wildman–Crippen LogP) is 2.38. The van der Waals surface area contributed by atoms with Gasteiger partial charge in [0, 0.05) is 18.8 Å². The van der Waals surface area contributed by atoms with Crippen LogP contribution in [0.3, 0.4) is 0 Å². The first kappa shape index (κ1) is 18.2. The number of rotatable bonds is 5. The highest BCUT2D eigenvalue weighted by molar-refractivity contribution is 7.89. The number of hydrogen-bond donors (Lipinski definition) is 1. The van der Waals surface area contributed by atoms with Gasteiger partial charge in [-0.05, 0) is 42.7 Å². The van der Waals surface area contributed by atoms with E-state index in [4.69, 9.17) is 4.74 Å². The van der Waals surface area contributed by atoms with Gasteiger partial charge in [-0.2, -0.15) is 4.31 Å². The molecule has 0 spiro atoms. The molecule has 2 aromatic carbocycles. The van der Waals surface area contributed by atoms with Gasteiger partial charge in [0.25, 0.3) is 0 Å². The fourth-order valence-corrected chi connectivity index (χ4v) is 4.83. The van der Waals surface area contributed by atoms with Crippen molar-refractivity contribution < 1.29 is 17.9 Å². The van der Waals surface area contributed by atoms with E-state index in [1.165, 1.54) is 4.31 Å². The van der Waals surface area contributed by atoms with Crippen LogP contribution in [-0.2, 0) is 25.0 Å². The van der Waals surface area contributed by atoms with Crippen LogP contribution < -0.4 is 5.32 Å². The summed E-state index contributed by atoms with van der Waals surface area (Å²) >= 11 is 0. The first-order valence-electron chi connectivity index (χ1n) is 9.07. The van der Waals surface area contributed by atoms with Gasteiger partial charge in [0.05, 0.1) is 23.5 Å². The molecule has 0 unspecified atom stereocenters. The number of sulfonamides is 1.